The van der Waals surface area contributed by atoms with Gasteiger partial charge in [-0.25, -0.2) is 4.98 Å². The molecule has 58 heavy (non-hydrogen) atoms. The molecule has 12 rings (SSSR count). The average molecular weight is 761 g/mol. The first kappa shape index (κ1) is 32.7. The van der Waals surface area contributed by atoms with E-state index in [0.717, 1.165) is 66.8 Å². The Hall–Kier alpha value is -7.47. The summed E-state index contributed by atoms with van der Waals surface area (Å²) in [6.45, 7) is 0. The van der Waals surface area contributed by atoms with Crippen molar-refractivity contribution >= 4 is 92.4 Å². The van der Waals surface area contributed by atoms with Crippen LogP contribution in [0.1, 0.15) is 0 Å². The Morgan fingerprint density at radius 1 is 0.448 bits per heavy atom. The molecular weight excluding hydrogens is 729 g/mol. The number of hydrogen-bond acceptors (Lipinski definition) is 5. The number of hydrogen-bond donors (Lipinski definition) is 0. The van der Waals surface area contributed by atoms with Gasteiger partial charge in [-0.15, -0.1) is 11.3 Å². The Bertz CT molecular complexity index is 3500. The molecule has 0 aliphatic heterocycles. The number of para-hydroxylation sites is 1. The Morgan fingerprint density at radius 3 is 1.90 bits per heavy atom. The van der Waals surface area contributed by atoms with Gasteiger partial charge in [-0.05, 0) is 88.1 Å². The van der Waals surface area contributed by atoms with Gasteiger partial charge in [-0.1, -0.05) is 133 Å². The highest BCUT2D eigenvalue weighted by atomic mass is 32.1. The number of rotatable bonds is 6. The molecule has 3 heterocycles. The smallest absolute Gasteiger partial charge is 0.227 e. The Labute approximate surface area is 337 Å². The highest BCUT2D eigenvalue weighted by molar-refractivity contribution is 7.26. The lowest BCUT2D eigenvalue weighted by atomic mass is 9.98. The van der Waals surface area contributed by atoms with Crippen LogP contribution in [-0.4, -0.2) is 4.98 Å². The van der Waals surface area contributed by atoms with Gasteiger partial charge in [0.25, 0.3) is 0 Å². The molecule has 0 aliphatic carbocycles. The molecule has 0 saturated carbocycles. The molecule has 0 atom stereocenters. The molecule has 3 aromatic heterocycles. The summed E-state index contributed by atoms with van der Waals surface area (Å²) in [6, 6.07) is 68.6. The molecular formula is C53H32N2O2S. The van der Waals surface area contributed by atoms with Crippen LogP contribution in [0, 0.1) is 0 Å². The van der Waals surface area contributed by atoms with Gasteiger partial charge in [0.05, 0.1) is 15.8 Å². The first-order valence-corrected chi connectivity index (χ1v) is 20.3. The van der Waals surface area contributed by atoms with Crippen LogP contribution in [0.5, 0.6) is 0 Å². The van der Waals surface area contributed by atoms with Gasteiger partial charge in [-0.2, -0.15) is 0 Å². The molecule has 5 heteroatoms. The number of aromatic nitrogens is 1. The summed E-state index contributed by atoms with van der Waals surface area (Å²) in [6.07, 6.45) is 0. The molecule has 0 fully saturated rings. The van der Waals surface area contributed by atoms with Crippen molar-refractivity contribution in [1.82, 2.24) is 4.98 Å². The Kier molecular flexibility index (Phi) is 7.37. The second kappa shape index (κ2) is 13.1. The van der Waals surface area contributed by atoms with E-state index in [2.05, 4.69) is 150 Å². The van der Waals surface area contributed by atoms with Crippen LogP contribution in [0.3, 0.4) is 0 Å². The molecule has 9 aromatic carbocycles. The zero-order valence-corrected chi connectivity index (χ0v) is 31.9. The fourth-order valence-electron chi connectivity index (χ4n) is 8.59. The van der Waals surface area contributed by atoms with E-state index in [-0.39, 0.29) is 0 Å². The third-order valence-corrected chi connectivity index (χ3v) is 12.5. The van der Waals surface area contributed by atoms with Gasteiger partial charge < -0.3 is 13.7 Å². The Morgan fingerprint density at radius 2 is 1.09 bits per heavy atom. The van der Waals surface area contributed by atoms with Crippen molar-refractivity contribution in [1.29, 1.82) is 0 Å². The Balaban J connectivity index is 1.02. The summed E-state index contributed by atoms with van der Waals surface area (Å²) in [5.41, 5.74) is 11.7. The highest BCUT2D eigenvalue weighted by Gasteiger charge is 2.23. The van der Waals surface area contributed by atoms with Gasteiger partial charge in [0, 0.05) is 43.4 Å². The van der Waals surface area contributed by atoms with Crippen molar-refractivity contribution in [3.63, 3.8) is 0 Å². The lowest BCUT2D eigenvalue weighted by molar-refractivity contribution is 0.622. The standard InChI is InChI=1S/C53H32N2O2S/c1-2-13-36(14-3-1)53-54-50-44(32-47-49(51(50)57-53)43-18-6-8-22-46(43)56-47)35-26-30-38(31-27-35)55(45-21-11-20-42-41-17-7-9-23-48(41)58-52(42)45)37-28-24-34(25-29-37)40-19-10-15-33-12-4-5-16-39(33)40/h1-32H. The highest BCUT2D eigenvalue weighted by Crippen LogP contribution is 2.46. The number of oxazole rings is 1. The average Bonchev–Trinajstić information content (AvgIpc) is 4.01. The van der Waals surface area contributed by atoms with Crippen LogP contribution in [0.15, 0.2) is 203 Å². The number of nitrogens with zero attached hydrogens (tertiary/aromatic N) is 2. The van der Waals surface area contributed by atoms with Crippen molar-refractivity contribution in [2.24, 2.45) is 0 Å². The summed E-state index contributed by atoms with van der Waals surface area (Å²) in [5, 5.41) is 6.97. The topological polar surface area (TPSA) is 42.4 Å². The number of thiophene rings is 1. The van der Waals surface area contributed by atoms with Crippen molar-refractivity contribution < 1.29 is 8.83 Å². The van der Waals surface area contributed by atoms with Crippen LogP contribution in [0.4, 0.5) is 17.1 Å². The number of anilines is 3. The zero-order chi connectivity index (χ0) is 38.2. The minimum atomic E-state index is 0.584. The molecule has 0 radical (unpaired) electrons. The van der Waals surface area contributed by atoms with Crippen LogP contribution in [0.25, 0.3) is 97.7 Å². The van der Waals surface area contributed by atoms with Gasteiger partial charge in [0.15, 0.2) is 5.58 Å². The first-order chi connectivity index (χ1) is 28.7. The quantitative estimate of drug-likeness (QED) is 0.169. The van der Waals surface area contributed by atoms with Crippen LogP contribution < -0.4 is 4.90 Å². The second-order valence-corrected chi connectivity index (χ2v) is 15.7. The van der Waals surface area contributed by atoms with Crippen molar-refractivity contribution in [2.45, 2.75) is 0 Å². The van der Waals surface area contributed by atoms with Crippen molar-refractivity contribution in [2.75, 3.05) is 4.90 Å². The summed E-state index contributed by atoms with van der Waals surface area (Å²) in [5.74, 6) is 0.584. The lowest BCUT2D eigenvalue weighted by Gasteiger charge is -2.26. The van der Waals surface area contributed by atoms with Gasteiger partial charge in [0.2, 0.25) is 5.89 Å². The third-order valence-electron chi connectivity index (χ3n) is 11.3. The third kappa shape index (κ3) is 5.18. The van der Waals surface area contributed by atoms with Gasteiger partial charge in [0.1, 0.15) is 16.7 Å². The number of furan rings is 1. The van der Waals surface area contributed by atoms with E-state index in [9.17, 15) is 0 Å². The van der Waals surface area contributed by atoms with Crippen LogP contribution in [-0.2, 0) is 0 Å². The maximum absolute atomic E-state index is 6.63. The molecule has 0 amide bonds. The van der Waals surface area contributed by atoms with Crippen molar-refractivity contribution in [3.8, 4) is 33.7 Å². The van der Waals surface area contributed by atoms with E-state index < -0.39 is 0 Å². The predicted molar refractivity (Wildman–Crippen MR) is 243 cm³/mol. The van der Waals surface area contributed by atoms with E-state index in [0.29, 0.717) is 5.89 Å². The summed E-state index contributed by atoms with van der Waals surface area (Å²) in [4.78, 5) is 7.52. The predicted octanol–water partition coefficient (Wildman–Crippen LogP) is 15.7. The second-order valence-electron chi connectivity index (χ2n) is 14.7. The maximum Gasteiger partial charge on any atom is 0.227 e. The molecule has 0 saturated heterocycles. The van der Waals surface area contributed by atoms with E-state index in [1.54, 1.807) is 0 Å². The summed E-state index contributed by atoms with van der Waals surface area (Å²) in [7, 11) is 0. The molecule has 0 aliphatic rings. The molecule has 0 spiro atoms. The van der Waals surface area contributed by atoms with E-state index in [4.69, 9.17) is 13.8 Å². The molecule has 12 aromatic rings. The van der Waals surface area contributed by atoms with Crippen LogP contribution in [0.2, 0.25) is 0 Å². The summed E-state index contributed by atoms with van der Waals surface area (Å²) < 4.78 is 15.6. The minimum Gasteiger partial charge on any atom is -0.456 e. The molecule has 0 unspecified atom stereocenters. The lowest BCUT2D eigenvalue weighted by Crippen LogP contribution is -2.10. The van der Waals surface area contributed by atoms with Crippen molar-refractivity contribution in [3.05, 3.63) is 194 Å². The van der Waals surface area contributed by atoms with Crippen LogP contribution >= 0.6 is 11.3 Å². The molecule has 4 nitrogen and oxygen atoms in total. The van der Waals surface area contributed by atoms with Gasteiger partial charge >= 0.3 is 0 Å². The normalized spacial score (nSPS) is 11.8. The monoisotopic (exact) mass is 760 g/mol. The largest absolute Gasteiger partial charge is 0.456 e. The minimum absolute atomic E-state index is 0.584. The zero-order valence-electron chi connectivity index (χ0n) is 31.1. The molecule has 272 valence electrons. The fraction of sp³-hybridized carbons (Fsp3) is 0. The number of fused-ring (bicyclic) bond motifs is 9. The molecule has 0 N–H and O–H groups in total. The molecule has 0 bridgehead atoms. The van der Waals surface area contributed by atoms with E-state index in [1.165, 1.54) is 42.1 Å². The SMILES string of the molecule is c1ccc(-c2nc3c(-c4ccc(N(c5ccc(-c6cccc7ccccc67)cc5)c5cccc6c5sc5ccccc56)cc4)cc4oc5ccccc5c4c3o2)cc1. The van der Waals surface area contributed by atoms with Gasteiger partial charge in [-0.3, -0.25) is 0 Å². The van der Waals surface area contributed by atoms with E-state index >= 15 is 0 Å². The number of benzene rings is 9. The maximum atomic E-state index is 6.63. The van der Waals surface area contributed by atoms with E-state index in [1.807, 2.05) is 59.9 Å². The first-order valence-electron chi connectivity index (χ1n) is 19.4. The fourth-order valence-corrected chi connectivity index (χ4v) is 9.80. The summed E-state index contributed by atoms with van der Waals surface area (Å²) >= 11 is 1.84.